The van der Waals surface area contributed by atoms with Gasteiger partial charge in [0.1, 0.15) is 6.54 Å². The Morgan fingerprint density at radius 2 is 1.76 bits per heavy atom. The van der Waals surface area contributed by atoms with Crippen LogP contribution >= 0.6 is 0 Å². The highest BCUT2D eigenvalue weighted by molar-refractivity contribution is 5.75. The number of nitrogens with zero attached hydrogens (tertiary/aromatic N) is 3. The van der Waals surface area contributed by atoms with Gasteiger partial charge in [-0.05, 0) is 30.2 Å². The van der Waals surface area contributed by atoms with Crippen molar-refractivity contribution in [2.24, 2.45) is 0 Å². The summed E-state index contributed by atoms with van der Waals surface area (Å²) >= 11 is 0. The molecular weight excluding hydrogens is 316 g/mol. The Morgan fingerprint density at radius 1 is 1.00 bits per heavy atom. The highest BCUT2D eigenvalue weighted by Crippen LogP contribution is 2.13. The molecule has 3 aromatic rings. The fourth-order valence-electron chi connectivity index (χ4n) is 2.41. The van der Waals surface area contributed by atoms with Gasteiger partial charge in [0.2, 0.25) is 5.91 Å². The monoisotopic (exact) mass is 334 g/mol. The first-order valence-corrected chi connectivity index (χ1v) is 8.01. The van der Waals surface area contributed by atoms with Crippen molar-refractivity contribution in [3.63, 3.8) is 0 Å². The van der Waals surface area contributed by atoms with Crippen LogP contribution in [-0.4, -0.2) is 27.2 Å². The lowest BCUT2D eigenvalue weighted by Gasteiger charge is -2.08. The average Bonchev–Trinajstić information content (AvgIpc) is 2.65. The molecule has 0 saturated heterocycles. The van der Waals surface area contributed by atoms with Crippen molar-refractivity contribution in [3.05, 3.63) is 82.9 Å². The minimum atomic E-state index is -0.302. The normalized spacial score (nSPS) is 10.4. The third kappa shape index (κ3) is 4.60. The number of rotatable bonds is 6. The number of hydrogen-bond donors (Lipinski definition) is 1. The van der Waals surface area contributed by atoms with Crippen molar-refractivity contribution in [2.75, 3.05) is 6.54 Å². The van der Waals surface area contributed by atoms with Crippen LogP contribution in [0.3, 0.4) is 0 Å². The molecule has 0 saturated carbocycles. The molecule has 0 unspecified atom stereocenters. The number of nitrogens with one attached hydrogen (secondary N) is 1. The molecule has 0 aliphatic rings. The zero-order valence-electron chi connectivity index (χ0n) is 13.6. The van der Waals surface area contributed by atoms with Gasteiger partial charge in [0.25, 0.3) is 5.56 Å². The van der Waals surface area contributed by atoms with E-state index >= 15 is 0 Å². The van der Waals surface area contributed by atoms with Crippen LogP contribution in [0, 0.1) is 0 Å². The van der Waals surface area contributed by atoms with Gasteiger partial charge in [0.15, 0.2) is 0 Å². The Balaban J connectivity index is 1.62. The predicted molar refractivity (Wildman–Crippen MR) is 94.9 cm³/mol. The Labute approximate surface area is 145 Å². The van der Waals surface area contributed by atoms with Crippen LogP contribution < -0.4 is 10.9 Å². The van der Waals surface area contributed by atoms with E-state index in [1.807, 2.05) is 42.5 Å². The molecule has 1 aromatic carbocycles. The molecule has 3 rings (SSSR count). The number of benzene rings is 1. The second kappa shape index (κ2) is 8.01. The highest BCUT2D eigenvalue weighted by Gasteiger charge is 2.07. The lowest BCUT2D eigenvalue weighted by atomic mass is 10.1. The molecule has 0 spiro atoms. The summed E-state index contributed by atoms with van der Waals surface area (Å²) in [6.45, 7) is 0.395. The maximum Gasteiger partial charge on any atom is 0.267 e. The fourth-order valence-corrected chi connectivity index (χ4v) is 2.41. The van der Waals surface area contributed by atoms with E-state index in [2.05, 4.69) is 15.4 Å². The Kier molecular flexibility index (Phi) is 5.31. The van der Waals surface area contributed by atoms with Gasteiger partial charge in [-0.3, -0.25) is 14.6 Å². The number of hydrogen-bond acceptors (Lipinski definition) is 4. The van der Waals surface area contributed by atoms with Crippen LogP contribution in [0.25, 0.3) is 11.3 Å². The van der Waals surface area contributed by atoms with Crippen molar-refractivity contribution < 1.29 is 4.79 Å². The third-order valence-corrected chi connectivity index (χ3v) is 3.71. The van der Waals surface area contributed by atoms with E-state index < -0.39 is 0 Å². The van der Waals surface area contributed by atoms with Gasteiger partial charge in [0.05, 0.1) is 5.69 Å². The van der Waals surface area contributed by atoms with E-state index in [4.69, 9.17) is 0 Å². The summed E-state index contributed by atoms with van der Waals surface area (Å²) in [6.07, 6.45) is 4.14. The molecule has 0 aliphatic heterocycles. The molecular formula is C19H18N4O2. The van der Waals surface area contributed by atoms with Gasteiger partial charge in [-0.25, -0.2) is 4.68 Å². The molecule has 0 bridgehead atoms. The summed E-state index contributed by atoms with van der Waals surface area (Å²) in [5, 5.41) is 7.09. The molecule has 0 fully saturated rings. The molecule has 0 radical (unpaired) electrons. The van der Waals surface area contributed by atoms with Gasteiger partial charge in [-0.15, -0.1) is 0 Å². The fraction of sp³-hybridized carbons (Fsp3) is 0.158. The summed E-state index contributed by atoms with van der Waals surface area (Å²) in [7, 11) is 0. The molecule has 126 valence electrons. The SMILES string of the molecule is O=C(Cn1nc(-c2ccccc2)ccc1=O)NCCc1ccncc1. The van der Waals surface area contributed by atoms with Crippen LogP contribution in [0.5, 0.6) is 0 Å². The quantitative estimate of drug-likeness (QED) is 0.744. The molecule has 2 heterocycles. The Hall–Kier alpha value is -3.28. The van der Waals surface area contributed by atoms with Crippen molar-refractivity contribution in [1.29, 1.82) is 0 Å². The van der Waals surface area contributed by atoms with E-state index in [0.717, 1.165) is 11.1 Å². The van der Waals surface area contributed by atoms with Crippen LogP contribution in [0.1, 0.15) is 5.56 Å². The number of carbonyl (C=O) groups excluding carboxylic acids is 1. The topological polar surface area (TPSA) is 76.9 Å². The van der Waals surface area contributed by atoms with Gasteiger partial charge >= 0.3 is 0 Å². The molecule has 1 amide bonds. The molecule has 6 nitrogen and oxygen atoms in total. The number of aromatic nitrogens is 3. The number of amides is 1. The largest absolute Gasteiger partial charge is 0.354 e. The maximum atomic E-state index is 12.1. The molecule has 1 N–H and O–H groups in total. The minimum absolute atomic E-state index is 0.101. The molecule has 0 aliphatic carbocycles. The first kappa shape index (κ1) is 16.6. The minimum Gasteiger partial charge on any atom is -0.354 e. The summed E-state index contributed by atoms with van der Waals surface area (Å²) < 4.78 is 1.18. The smallest absolute Gasteiger partial charge is 0.267 e. The lowest BCUT2D eigenvalue weighted by molar-refractivity contribution is -0.121. The lowest BCUT2D eigenvalue weighted by Crippen LogP contribution is -2.34. The summed E-state index contributed by atoms with van der Waals surface area (Å²) in [6, 6.07) is 16.4. The average molecular weight is 334 g/mol. The van der Waals surface area contributed by atoms with E-state index in [1.165, 1.54) is 10.7 Å². The van der Waals surface area contributed by atoms with Gasteiger partial charge in [0, 0.05) is 30.6 Å². The number of carbonyl (C=O) groups is 1. The zero-order chi connectivity index (χ0) is 17.5. The van der Waals surface area contributed by atoms with Crippen molar-refractivity contribution in [2.45, 2.75) is 13.0 Å². The summed E-state index contributed by atoms with van der Waals surface area (Å²) in [4.78, 5) is 28.0. The molecule has 6 heteroatoms. The van der Waals surface area contributed by atoms with E-state index in [0.29, 0.717) is 18.7 Å². The highest BCUT2D eigenvalue weighted by atomic mass is 16.2. The second-order valence-electron chi connectivity index (χ2n) is 5.54. The van der Waals surface area contributed by atoms with Gasteiger partial charge < -0.3 is 5.32 Å². The standard InChI is InChI=1S/C19H18N4O2/c24-18(21-13-10-15-8-11-20-12-9-15)14-23-19(25)7-6-17(22-23)16-4-2-1-3-5-16/h1-9,11-12H,10,13-14H2,(H,21,24). The summed E-state index contributed by atoms with van der Waals surface area (Å²) in [5.74, 6) is -0.242. The maximum absolute atomic E-state index is 12.1. The first-order valence-electron chi connectivity index (χ1n) is 8.01. The Morgan fingerprint density at radius 3 is 2.52 bits per heavy atom. The van der Waals surface area contributed by atoms with Crippen LogP contribution in [0.4, 0.5) is 0 Å². The van der Waals surface area contributed by atoms with Crippen molar-refractivity contribution >= 4 is 5.91 Å². The van der Waals surface area contributed by atoms with Crippen molar-refractivity contribution in [1.82, 2.24) is 20.1 Å². The number of pyridine rings is 1. The third-order valence-electron chi connectivity index (χ3n) is 3.71. The zero-order valence-corrected chi connectivity index (χ0v) is 13.6. The van der Waals surface area contributed by atoms with E-state index in [-0.39, 0.29) is 18.0 Å². The first-order chi connectivity index (χ1) is 12.2. The van der Waals surface area contributed by atoms with Gasteiger partial charge in [-0.2, -0.15) is 5.10 Å². The van der Waals surface area contributed by atoms with Gasteiger partial charge in [-0.1, -0.05) is 30.3 Å². The summed E-state index contributed by atoms with van der Waals surface area (Å²) in [5.41, 5.74) is 2.35. The van der Waals surface area contributed by atoms with Crippen LogP contribution in [0.15, 0.2) is 71.8 Å². The van der Waals surface area contributed by atoms with Crippen LogP contribution in [0.2, 0.25) is 0 Å². The second-order valence-corrected chi connectivity index (χ2v) is 5.54. The van der Waals surface area contributed by atoms with E-state index in [1.54, 1.807) is 18.5 Å². The molecule has 0 atom stereocenters. The molecule has 25 heavy (non-hydrogen) atoms. The van der Waals surface area contributed by atoms with Crippen molar-refractivity contribution in [3.8, 4) is 11.3 Å². The van der Waals surface area contributed by atoms with Crippen LogP contribution in [-0.2, 0) is 17.8 Å². The Bertz CT molecular complexity index is 892. The molecule has 2 aromatic heterocycles. The predicted octanol–water partition coefficient (Wildman–Crippen LogP) is 1.66. The van der Waals surface area contributed by atoms with E-state index in [9.17, 15) is 9.59 Å².